The molecule has 1 fully saturated rings. The number of hydrogen-bond donors (Lipinski definition) is 0. The summed E-state index contributed by atoms with van der Waals surface area (Å²) in [4.78, 5) is 41.3. The molecule has 0 N–H and O–H groups in total. The summed E-state index contributed by atoms with van der Waals surface area (Å²) < 4.78 is 3.40. The number of anilines is 1. The molecular weight excluding hydrogens is 562 g/mol. The third-order valence-electron chi connectivity index (χ3n) is 7.22. The van der Waals surface area contributed by atoms with Gasteiger partial charge >= 0.3 is 5.97 Å². The van der Waals surface area contributed by atoms with E-state index in [9.17, 15) is 14.4 Å². The van der Waals surface area contributed by atoms with Crippen LogP contribution in [0.4, 0.5) is 5.69 Å². The van der Waals surface area contributed by atoms with Gasteiger partial charge in [-0.25, -0.2) is 9.69 Å². The van der Waals surface area contributed by atoms with E-state index in [1.807, 2.05) is 48.5 Å². The Morgan fingerprint density at radius 3 is 1.59 bits per heavy atom. The number of hydrogen-bond acceptors (Lipinski definition) is 4. The molecule has 0 unspecified atom stereocenters. The second-order valence-corrected chi connectivity index (χ2v) is 11.3. The number of carbonyl (C=O) groups is 3. The zero-order valence-corrected chi connectivity index (χ0v) is 21.3. The van der Waals surface area contributed by atoms with Crippen LogP contribution in [0, 0.1) is 11.8 Å². The van der Waals surface area contributed by atoms with Crippen LogP contribution in [0.1, 0.15) is 39.5 Å². The van der Waals surface area contributed by atoms with Crippen molar-refractivity contribution < 1.29 is 19.1 Å². The zero-order valence-electron chi connectivity index (χ0n) is 18.1. The Morgan fingerprint density at radius 2 is 1.21 bits per heavy atom. The predicted octanol–water partition coefficient (Wildman–Crippen LogP) is 5.27. The molecule has 3 aromatic carbocycles. The van der Waals surface area contributed by atoms with Gasteiger partial charge in [0, 0.05) is 0 Å². The number of ether oxygens (including phenoxy) is 1. The quantitative estimate of drug-likeness (QED) is 0.240. The van der Waals surface area contributed by atoms with Crippen LogP contribution in [-0.2, 0) is 23.0 Å². The topological polar surface area (TPSA) is 63.7 Å². The van der Waals surface area contributed by atoms with Gasteiger partial charge in [0.15, 0.2) is 0 Å². The lowest BCUT2D eigenvalue weighted by atomic mass is 9.54. The molecule has 34 heavy (non-hydrogen) atoms. The van der Waals surface area contributed by atoms with Crippen LogP contribution in [0.3, 0.4) is 0 Å². The summed E-state index contributed by atoms with van der Waals surface area (Å²) in [5, 5.41) is 0. The smallest absolute Gasteiger partial charge is 0.338 e. The highest BCUT2D eigenvalue weighted by atomic mass is 79.9. The Morgan fingerprint density at radius 1 is 0.794 bits per heavy atom. The maximum absolute atomic E-state index is 14.0. The molecule has 1 heterocycles. The summed E-state index contributed by atoms with van der Waals surface area (Å²) >= 11 is 7.99. The van der Waals surface area contributed by atoms with E-state index in [0.29, 0.717) is 11.3 Å². The van der Waals surface area contributed by atoms with Crippen LogP contribution in [0.15, 0.2) is 72.8 Å². The second kappa shape index (κ2) is 7.36. The van der Waals surface area contributed by atoms with Crippen molar-refractivity contribution >= 4 is 55.3 Å². The van der Waals surface area contributed by atoms with Gasteiger partial charge in [0.1, 0.15) is 0 Å². The average molecular weight is 581 g/mol. The van der Waals surface area contributed by atoms with Gasteiger partial charge in [0.2, 0.25) is 11.8 Å². The fraction of sp³-hybridized carbons (Fsp3) is 0.222. The number of esters is 1. The van der Waals surface area contributed by atoms with Gasteiger partial charge in [-0.05, 0) is 53.4 Å². The maximum Gasteiger partial charge on any atom is 0.338 e. The van der Waals surface area contributed by atoms with Crippen LogP contribution in [0.2, 0.25) is 0 Å². The molecule has 0 aromatic heterocycles. The molecule has 4 aliphatic rings. The first-order chi connectivity index (χ1) is 16.3. The molecule has 7 rings (SSSR count). The van der Waals surface area contributed by atoms with Crippen LogP contribution < -0.4 is 4.90 Å². The fourth-order valence-corrected chi connectivity index (χ4v) is 8.19. The highest BCUT2D eigenvalue weighted by Crippen LogP contribution is 2.70. The third-order valence-corrected chi connectivity index (χ3v) is 9.92. The van der Waals surface area contributed by atoms with Gasteiger partial charge in [-0.1, -0.05) is 80.4 Å². The Balaban J connectivity index is 1.52. The Hall–Kier alpha value is -2.77. The summed E-state index contributed by atoms with van der Waals surface area (Å²) in [6.07, 6.45) is 0. The normalized spacial score (nSPS) is 28.4. The summed E-state index contributed by atoms with van der Waals surface area (Å²) in [6, 6.07) is 22.4. The van der Waals surface area contributed by atoms with Crippen LogP contribution in [0.25, 0.3) is 0 Å². The van der Waals surface area contributed by atoms with Gasteiger partial charge < -0.3 is 4.74 Å². The lowest BCUT2D eigenvalue weighted by Crippen LogP contribution is -2.56. The van der Waals surface area contributed by atoms with Crippen molar-refractivity contribution in [1.82, 2.24) is 0 Å². The van der Waals surface area contributed by atoms with E-state index in [1.165, 1.54) is 4.90 Å². The lowest BCUT2D eigenvalue weighted by molar-refractivity contribution is -0.122. The average Bonchev–Trinajstić information content (AvgIpc) is 3.14. The number of halogens is 2. The van der Waals surface area contributed by atoms with E-state index < -0.39 is 26.5 Å². The molecule has 1 saturated heterocycles. The number of rotatable bonds is 3. The van der Waals surface area contributed by atoms with Gasteiger partial charge in [-0.15, -0.1) is 0 Å². The molecule has 0 saturated carbocycles. The predicted molar refractivity (Wildman–Crippen MR) is 134 cm³/mol. The van der Waals surface area contributed by atoms with Crippen molar-refractivity contribution in [1.29, 1.82) is 0 Å². The molecule has 3 aliphatic carbocycles. The van der Waals surface area contributed by atoms with Crippen molar-refractivity contribution in [2.75, 3.05) is 11.5 Å². The summed E-state index contributed by atoms with van der Waals surface area (Å²) in [5.41, 5.74) is 4.79. The first-order valence-corrected chi connectivity index (χ1v) is 12.7. The highest BCUT2D eigenvalue weighted by molar-refractivity contribution is 9.10. The molecule has 0 radical (unpaired) electrons. The van der Waals surface area contributed by atoms with E-state index in [2.05, 4.69) is 31.9 Å². The molecule has 2 bridgehead atoms. The monoisotopic (exact) mass is 579 g/mol. The number of carbonyl (C=O) groups excluding carboxylic acids is 3. The van der Waals surface area contributed by atoms with Crippen molar-refractivity contribution in [2.45, 2.75) is 15.6 Å². The Kier molecular flexibility index (Phi) is 4.71. The number of nitrogens with zero attached hydrogens (tertiary/aromatic N) is 1. The number of imide groups is 1. The molecule has 3 aromatic rings. The molecule has 2 atom stereocenters. The molecule has 0 spiro atoms. The van der Waals surface area contributed by atoms with E-state index in [-0.39, 0.29) is 18.4 Å². The minimum absolute atomic E-state index is 0.261. The summed E-state index contributed by atoms with van der Waals surface area (Å²) in [7, 11) is 0. The minimum Gasteiger partial charge on any atom is -0.462 e. The molecule has 1 aliphatic heterocycles. The highest BCUT2D eigenvalue weighted by Gasteiger charge is 2.72. The van der Waals surface area contributed by atoms with E-state index >= 15 is 0 Å². The number of alkyl halides is 2. The van der Waals surface area contributed by atoms with Gasteiger partial charge in [-0.3, -0.25) is 9.59 Å². The SMILES string of the molecule is CCOC(=O)c1ccc(N2C(=O)[C@H]3[C@H](C2=O)C2(Br)c4ccccc4C3(Br)c3ccccc32)cc1. The summed E-state index contributed by atoms with van der Waals surface area (Å²) in [6.45, 7) is 2.01. The molecule has 2 amide bonds. The van der Waals surface area contributed by atoms with Crippen molar-refractivity contribution in [3.8, 4) is 0 Å². The van der Waals surface area contributed by atoms with Gasteiger partial charge in [0.05, 0.1) is 38.3 Å². The Labute approximate surface area is 213 Å². The third kappa shape index (κ3) is 2.52. The van der Waals surface area contributed by atoms with E-state index in [1.54, 1.807) is 31.2 Å². The standard InChI is InChI=1S/C27H19Br2NO4/c1-2-34-25(33)15-11-13-16(14-12-15)30-23(31)21-22(24(30)32)27(29)18-8-4-3-7-17(18)26(21,28)19-9-5-6-10-20(19)27/h3-14,21-22H,2H2,1H3/t21-,22-,26?,27?/m1/s1. The second-order valence-electron chi connectivity index (χ2n) is 8.75. The number of benzene rings is 3. The minimum atomic E-state index is -0.827. The van der Waals surface area contributed by atoms with Crippen molar-refractivity contribution in [3.63, 3.8) is 0 Å². The van der Waals surface area contributed by atoms with Crippen molar-refractivity contribution in [3.05, 3.63) is 101 Å². The van der Waals surface area contributed by atoms with Crippen molar-refractivity contribution in [2.24, 2.45) is 11.8 Å². The van der Waals surface area contributed by atoms with E-state index in [4.69, 9.17) is 4.74 Å². The summed E-state index contributed by atoms with van der Waals surface area (Å²) in [5.74, 6) is -2.22. The largest absolute Gasteiger partial charge is 0.462 e. The maximum atomic E-state index is 14.0. The molecule has 5 nitrogen and oxygen atoms in total. The fourth-order valence-electron chi connectivity index (χ4n) is 5.88. The van der Waals surface area contributed by atoms with Crippen LogP contribution in [-0.4, -0.2) is 24.4 Å². The molecular formula is C27H19Br2NO4. The Bertz CT molecular complexity index is 1260. The first-order valence-electron chi connectivity index (χ1n) is 11.1. The first kappa shape index (κ1) is 21.7. The van der Waals surface area contributed by atoms with Gasteiger partial charge in [-0.2, -0.15) is 0 Å². The number of amides is 2. The van der Waals surface area contributed by atoms with Crippen LogP contribution in [0.5, 0.6) is 0 Å². The van der Waals surface area contributed by atoms with Gasteiger partial charge in [0.25, 0.3) is 0 Å². The zero-order chi connectivity index (χ0) is 23.8. The van der Waals surface area contributed by atoms with E-state index in [0.717, 1.165) is 22.3 Å². The van der Waals surface area contributed by atoms with Crippen LogP contribution >= 0.6 is 31.9 Å². The molecule has 7 heteroatoms. The molecule has 170 valence electrons. The lowest BCUT2D eigenvalue weighted by Gasteiger charge is -2.55.